The predicted molar refractivity (Wildman–Crippen MR) is 70.4 cm³/mol. The van der Waals surface area contributed by atoms with Crippen LogP contribution in [0.1, 0.15) is 26.5 Å². The molecule has 0 aliphatic carbocycles. The van der Waals surface area contributed by atoms with Crippen molar-refractivity contribution in [2.45, 2.75) is 39.3 Å². The maximum Gasteiger partial charge on any atom is 0.260 e. The highest BCUT2D eigenvalue weighted by atomic mass is 16.5. The molecule has 0 aromatic carbocycles. The van der Waals surface area contributed by atoms with E-state index in [-0.39, 0.29) is 11.9 Å². The smallest absolute Gasteiger partial charge is 0.260 e. The van der Waals surface area contributed by atoms with E-state index in [9.17, 15) is 4.79 Å². The molecule has 0 saturated heterocycles. The van der Waals surface area contributed by atoms with E-state index in [2.05, 4.69) is 10.3 Å². The van der Waals surface area contributed by atoms with Crippen LogP contribution in [0.25, 0.3) is 0 Å². The first-order chi connectivity index (χ1) is 8.52. The van der Waals surface area contributed by atoms with Crippen LogP contribution in [0.2, 0.25) is 0 Å². The minimum absolute atomic E-state index is 0.105. The van der Waals surface area contributed by atoms with Crippen LogP contribution in [-0.4, -0.2) is 29.6 Å². The molecule has 1 aromatic heterocycles. The Bertz CT molecular complexity index is 376. The third kappa shape index (κ3) is 4.71. The molecule has 0 spiro atoms. The number of pyridine rings is 1. The lowest BCUT2D eigenvalue weighted by Gasteiger charge is -2.16. The van der Waals surface area contributed by atoms with Gasteiger partial charge in [0.15, 0.2) is 6.10 Å². The third-order valence-corrected chi connectivity index (χ3v) is 2.31. The molecule has 1 rings (SSSR count). The molecule has 0 aliphatic rings. The Hall–Kier alpha value is -1.62. The normalized spacial score (nSPS) is 12.3. The molecule has 0 aliphatic heterocycles. The molecule has 0 saturated carbocycles. The molecule has 0 radical (unpaired) electrons. The summed E-state index contributed by atoms with van der Waals surface area (Å²) < 4.78 is 5.50. The molecule has 0 bridgehead atoms. The van der Waals surface area contributed by atoms with E-state index in [0.717, 1.165) is 12.1 Å². The largest absolute Gasteiger partial charge is 0.479 e. The summed E-state index contributed by atoms with van der Waals surface area (Å²) >= 11 is 0. The fraction of sp³-hybridized carbons (Fsp3) is 0.538. The fourth-order valence-electron chi connectivity index (χ4n) is 1.44. The SMILES string of the molecule is CC(C)NC(=O)C(C)Oc1ccc(CCN)nc1. The number of nitrogens with two attached hydrogens (primary N) is 1. The molecule has 0 fully saturated rings. The molecule has 18 heavy (non-hydrogen) atoms. The van der Waals surface area contributed by atoms with E-state index in [1.165, 1.54) is 0 Å². The second-order valence-electron chi connectivity index (χ2n) is 4.45. The van der Waals surface area contributed by atoms with Gasteiger partial charge >= 0.3 is 0 Å². The molecule has 1 unspecified atom stereocenters. The van der Waals surface area contributed by atoms with Crippen LogP contribution in [0.15, 0.2) is 18.3 Å². The van der Waals surface area contributed by atoms with Crippen LogP contribution in [-0.2, 0) is 11.2 Å². The Labute approximate surface area is 108 Å². The number of nitrogens with zero attached hydrogens (tertiary/aromatic N) is 1. The Morgan fingerprint density at radius 3 is 2.67 bits per heavy atom. The molecule has 3 N–H and O–H groups in total. The summed E-state index contributed by atoms with van der Waals surface area (Å²) in [6.45, 7) is 6.10. The van der Waals surface area contributed by atoms with Gasteiger partial charge in [-0.25, -0.2) is 0 Å². The number of hydrogen-bond acceptors (Lipinski definition) is 4. The van der Waals surface area contributed by atoms with Gasteiger partial charge < -0.3 is 15.8 Å². The quantitative estimate of drug-likeness (QED) is 0.786. The number of carbonyl (C=O) groups excluding carboxylic acids is 1. The van der Waals surface area contributed by atoms with Crippen molar-refractivity contribution in [1.82, 2.24) is 10.3 Å². The molecule has 5 nitrogen and oxygen atoms in total. The third-order valence-electron chi connectivity index (χ3n) is 2.31. The standard InChI is InChI=1S/C13H21N3O2/c1-9(2)16-13(17)10(3)18-12-5-4-11(6-7-14)15-8-12/h4-5,8-10H,6-7,14H2,1-3H3,(H,16,17). The summed E-state index contributed by atoms with van der Waals surface area (Å²) in [6, 6.07) is 3.76. The van der Waals surface area contributed by atoms with Crippen molar-refractivity contribution in [3.8, 4) is 5.75 Å². The Morgan fingerprint density at radius 2 is 2.17 bits per heavy atom. The van der Waals surface area contributed by atoms with E-state index in [0.29, 0.717) is 12.3 Å². The van der Waals surface area contributed by atoms with Gasteiger partial charge in [0, 0.05) is 18.2 Å². The van der Waals surface area contributed by atoms with Crippen LogP contribution in [0.4, 0.5) is 0 Å². The van der Waals surface area contributed by atoms with Crippen molar-refractivity contribution in [3.05, 3.63) is 24.0 Å². The van der Waals surface area contributed by atoms with E-state index in [1.54, 1.807) is 19.2 Å². The van der Waals surface area contributed by atoms with Gasteiger partial charge in [0.1, 0.15) is 5.75 Å². The average Bonchev–Trinajstić information content (AvgIpc) is 2.31. The van der Waals surface area contributed by atoms with Crippen molar-refractivity contribution in [3.63, 3.8) is 0 Å². The van der Waals surface area contributed by atoms with Gasteiger partial charge in [0.2, 0.25) is 0 Å². The Morgan fingerprint density at radius 1 is 1.44 bits per heavy atom. The number of hydrogen-bond donors (Lipinski definition) is 2. The minimum atomic E-state index is -0.533. The highest BCUT2D eigenvalue weighted by Gasteiger charge is 2.15. The van der Waals surface area contributed by atoms with E-state index < -0.39 is 6.10 Å². The molecule has 5 heteroatoms. The molecular formula is C13H21N3O2. The van der Waals surface area contributed by atoms with Gasteiger partial charge in [-0.15, -0.1) is 0 Å². The molecule has 1 atom stereocenters. The zero-order valence-corrected chi connectivity index (χ0v) is 11.1. The maximum absolute atomic E-state index is 11.7. The number of carbonyl (C=O) groups is 1. The maximum atomic E-state index is 11.7. The average molecular weight is 251 g/mol. The van der Waals surface area contributed by atoms with E-state index in [1.807, 2.05) is 19.9 Å². The van der Waals surface area contributed by atoms with Crippen LogP contribution >= 0.6 is 0 Å². The van der Waals surface area contributed by atoms with E-state index in [4.69, 9.17) is 10.5 Å². The number of ether oxygens (including phenoxy) is 1. The Kier molecular flexibility index (Phi) is 5.58. The Balaban J connectivity index is 2.53. The topological polar surface area (TPSA) is 77.2 Å². The first kappa shape index (κ1) is 14.4. The summed E-state index contributed by atoms with van der Waals surface area (Å²) in [7, 11) is 0. The molecular weight excluding hydrogens is 230 g/mol. The summed E-state index contributed by atoms with van der Waals surface area (Å²) in [6.07, 6.45) is 1.82. The van der Waals surface area contributed by atoms with Crippen molar-refractivity contribution < 1.29 is 9.53 Å². The second kappa shape index (κ2) is 6.96. The first-order valence-corrected chi connectivity index (χ1v) is 6.15. The van der Waals surface area contributed by atoms with Crippen molar-refractivity contribution in [2.75, 3.05) is 6.54 Å². The van der Waals surface area contributed by atoms with Crippen LogP contribution in [0.5, 0.6) is 5.75 Å². The second-order valence-corrected chi connectivity index (χ2v) is 4.45. The molecule has 1 heterocycles. The fourth-order valence-corrected chi connectivity index (χ4v) is 1.44. The monoisotopic (exact) mass is 251 g/mol. The summed E-state index contributed by atoms with van der Waals surface area (Å²) in [5.74, 6) is 0.457. The molecule has 100 valence electrons. The number of amides is 1. The number of nitrogens with one attached hydrogen (secondary N) is 1. The zero-order valence-electron chi connectivity index (χ0n) is 11.1. The van der Waals surface area contributed by atoms with Crippen LogP contribution < -0.4 is 15.8 Å². The highest BCUT2D eigenvalue weighted by Crippen LogP contribution is 2.11. The minimum Gasteiger partial charge on any atom is -0.479 e. The zero-order chi connectivity index (χ0) is 13.5. The van der Waals surface area contributed by atoms with Gasteiger partial charge in [-0.1, -0.05) is 0 Å². The van der Waals surface area contributed by atoms with Gasteiger partial charge in [-0.05, 0) is 39.4 Å². The summed E-state index contributed by atoms with van der Waals surface area (Å²) in [4.78, 5) is 15.9. The lowest BCUT2D eigenvalue weighted by atomic mass is 10.2. The first-order valence-electron chi connectivity index (χ1n) is 6.15. The predicted octanol–water partition coefficient (Wildman–Crippen LogP) is 0.875. The van der Waals surface area contributed by atoms with Gasteiger partial charge in [-0.2, -0.15) is 0 Å². The van der Waals surface area contributed by atoms with Crippen molar-refractivity contribution in [2.24, 2.45) is 5.73 Å². The van der Waals surface area contributed by atoms with Crippen molar-refractivity contribution >= 4 is 5.91 Å². The summed E-state index contributed by atoms with van der Waals surface area (Å²) in [5, 5.41) is 2.79. The number of rotatable bonds is 6. The van der Waals surface area contributed by atoms with Crippen LogP contribution in [0.3, 0.4) is 0 Å². The lowest BCUT2D eigenvalue weighted by Crippen LogP contribution is -2.40. The van der Waals surface area contributed by atoms with Crippen LogP contribution in [0, 0.1) is 0 Å². The highest BCUT2D eigenvalue weighted by molar-refractivity contribution is 5.80. The lowest BCUT2D eigenvalue weighted by molar-refractivity contribution is -0.127. The number of aromatic nitrogens is 1. The molecule has 1 amide bonds. The van der Waals surface area contributed by atoms with Crippen molar-refractivity contribution in [1.29, 1.82) is 0 Å². The van der Waals surface area contributed by atoms with Gasteiger partial charge in [0.25, 0.3) is 5.91 Å². The van der Waals surface area contributed by atoms with E-state index >= 15 is 0 Å². The van der Waals surface area contributed by atoms with Gasteiger partial charge in [-0.3, -0.25) is 9.78 Å². The summed E-state index contributed by atoms with van der Waals surface area (Å²) in [5.41, 5.74) is 6.36. The molecule has 1 aromatic rings. The van der Waals surface area contributed by atoms with Gasteiger partial charge in [0.05, 0.1) is 6.20 Å².